The minimum absolute atomic E-state index is 0.0361. The van der Waals surface area contributed by atoms with Crippen molar-refractivity contribution >= 4 is 22.4 Å². The number of hydrogen-bond acceptors (Lipinski definition) is 5. The summed E-state index contributed by atoms with van der Waals surface area (Å²) in [5.74, 6) is 2.58. The van der Waals surface area contributed by atoms with Crippen LogP contribution in [0.2, 0.25) is 0 Å². The normalized spacial score (nSPS) is 22.0. The van der Waals surface area contributed by atoms with E-state index in [4.69, 9.17) is 0 Å². The van der Waals surface area contributed by atoms with Gasteiger partial charge >= 0.3 is 0 Å². The number of hydrogen-bond donors (Lipinski definition) is 1. The lowest BCUT2D eigenvalue weighted by Crippen LogP contribution is -2.09. The van der Waals surface area contributed by atoms with E-state index in [-0.39, 0.29) is 5.69 Å². The number of benzene rings is 2. The molecule has 132 valence electrons. The Bertz CT molecular complexity index is 1130. The van der Waals surface area contributed by atoms with Gasteiger partial charge in [-0.05, 0) is 47.4 Å². The molecule has 1 saturated carbocycles. The molecule has 2 aliphatic carbocycles. The SMILES string of the molecule is N#Cc1cc(NCC2C3Cc4ccccc4C23)nc2ccc([N+](=O)[O-])cc12. The van der Waals surface area contributed by atoms with Crippen molar-refractivity contribution in [2.75, 3.05) is 11.9 Å². The Morgan fingerprint density at radius 2 is 2.11 bits per heavy atom. The molecule has 0 saturated heterocycles. The van der Waals surface area contributed by atoms with Crippen molar-refractivity contribution in [3.05, 3.63) is 75.3 Å². The van der Waals surface area contributed by atoms with Crippen LogP contribution in [-0.2, 0) is 6.42 Å². The molecular weight excluding hydrogens is 340 g/mol. The van der Waals surface area contributed by atoms with Gasteiger partial charge in [-0.1, -0.05) is 24.3 Å². The van der Waals surface area contributed by atoms with Crippen LogP contribution in [0.4, 0.5) is 11.5 Å². The predicted molar refractivity (Wildman–Crippen MR) is 101 cm³/mol. The standard InChI is InChI=1S/C21H16N4O2/c22-10-13-8-20(24-19-6-5-14(25(26)27)9-16(13)19)23-11-18-17-7-12-3-1-2-4-15(12)21(17)18/h1-6,8-9,17-18,21H,7,11H2,(H,23,24). The number of anilines is 1. The average molecular weight is 356 g/mol. The van der Waals surface area contributed by atoms with Gasteiger partial charge in [-0.3, -0.25) is 10.1 Å². The van der Waals surface area contributed by atoms with Gasteiger partial charge in [0, 0.05) is 24.1 Å². The second-order valence-electron chi connectivity index (χ2n) is 7.26. The van der Waals surface area contributed by atoms with Crippen LogP contribution >= 0.6 is 0 Å². The molecule has 6 nitrogen and oxygen atoms in total. The fourth-order valence-electron chi connectivity index (χ4n) is 4.49. The van der Waals surface area contributed by atoms with Gasteiger partial charge < -0.3 is 5.32 Å². The van der Waals surface area contributed by atoms with Crippen molar-refractivity contribution < 1.29 is 4.92 Å². The Morgan fingerprint density at radius 3 is 2.93 bits per heavy atom. The third-order valence-corrected chi connectivity index (χ3v) is 5.84. The molecular formula is C21H16N4O2. The van der Waals surface area contributed by atoms with E-state index < -0.39 is 4.92 Å². The van der Waals surface area contributed by atoms with Crippen LogP contribution in [0.1, 0.15) is 22.6 Å². The number of nitrogens with one attached hydrogen (secondary N) is 1. The van der Waals surface area contributed by atoms with Crippen molar-refractivity contribution in [1.82, 2.24) is 4.98 Å². The van der Waals surface area contributed by atoms with Crippen LogP contribution < -0.4 is 5.32 Å². The molecule has 27 heavy (non-hydrogen) atoms. The second kappa shape index (κ2) is 5.78. The molecule has 2 aliphatic rings. The lowest BCUT2D eigenvalue weighted by molar-refractivity contribution is -0.384. The Hall–Kier alpha value is -3.46. The smallest absolute Gasteiger partial charge is 0.270 e. The summed E-state index contributed by atoms with van der Waals surface area (Å²) in [6.45, 7) is 0.819. The first kappa shape index (κ1) is 15.8. The van der Waals surface area contributed by atoms with E-state index in [9.17, 15) is 15.4 Å². The molecule has 0 spiro atoms. The summed E-state index contributed by atoms with van der Waals surface area (Å²) in [7, 11) is 0. The number of nitrogens with zero attached hydrogens (tertiary/aromatic N) is 3. The largest absolute Gasteiger partial charge is 0.370 e. The Morgan fingerprint density at radius 1 is 1.26 bits per heavy atom. The first-order chi connectivity index (χ1) is 13.2. The van der Waals surface area contributed by atoms with E-state index in [1.165, 1.54) is 23.3 Å². The van der Waals surface area contributed by atoms with E-state index in [1.54, 1.807) is 12.1 Å². The number of nitro groups is 1. The zero-order chi connectivity index (χ0) is 18.5. The van der Waals surface area contributed by atoms with Gasteiger partial charge in [0.25, 0.3) is 5.69 Å². The van der Waals surface area contributed by atoms with E-state index in [0.717, 1.165) is 13.0 Å². The van der Waals surface area contributed by atoms with Crippen molar-refractivity contribution in [2.45, 2.75) is 12.3 Å². The molecule has 0 aliphatic heterocycles. The highest BCUT2D eigenvalue weighted by molar-refractivity contribution is 5.88. The van der Waals surface area contributed by atoms with E-state index >= 15 is 0 Å². The highest BCUT2D eigenvalue weighted by atomic mass is 16.6. The summed E-state index contributed by atoms with van der Waals surface area (Å²) >= 11 is 0. The number of non-ortho nitro benzene ring substituents is 1. The van der Waals surface area contributed by atoms with Gasteiger partial charge in [-0.2, -0.15) is 5.26 Å². The second-order valence-corrected chi connectivity index (χ2v) is 7.26. The molecule has 2 aromatic carbocycles. The minimum Gasteiger partial charge on any atom is -0.370 e. The summed E-state index contributed by atoms with van der Waals surface area (Å²) in [6.07, 6.45) is 1.14. The Balaban J connectivity index is 1.37. The van der Waals surface area contributed by atoms with Gasteiger partial charge in [0.1, 0.15) is 5.82 Å². The molecule has 3 aromatic rings. The summed E-state index contributed by atoms with van der Waals surface area (Å²) in [4.78, 5) is 15.0. The zero-order valence-corrected chi connectivity index (χ0v) is 14.4. The lowest BCUT2D eigenvalue weighted by atomic mass is 10.0. The first-order valence-corrected chi connectivity index (χ1v) is 8.96. The average Bonchev–Trinajstić information content (AvgIpc) is 3.23. The zero-order valence-electron chi connectivity index (χ0n) is 14.4. The van der Waals surface area contributed by atoms with E-state index in [2.05, 4.69) is 40.6 Å². The number of nitro benzene ring substituents is 1. The monoisotopic (exact) mass is 356 g/mol. The fraction of sp³-hybridized carbons (Fsp3) is 0.238. The third-order valence-electron chi connectivity index (χ3n) is 5.84. The summed E-state index contributed by atoms with van der Waals surface area (Å²) in [5.41, 5.74) is 3.90. The van der Waals surface area contributed by atoms with Crippen LogP contribution in [0.3, 0.4) is 0 Å². The van der Waals surface area contributed by atoms with Gasteiger partial charge in [0.05, 0.1) is 22.1 Å². The minimum atomic E-state index is -0.462. The predicted octanol–water partition coefficient (Wildman–Crippen LogP) is 4.01. The van der Waals surface area contributed by atoms with Crippen LogP contribution in [0.15, 0.2) is 48.5 Å². The molecule has 3 unspecified atom stereocenters. The molecule has 0 bridgehead atoms. The highest BCUT2D eigenvalue weighted by Crippen LogP contribution is 2.61. The van der Waals surface area contributed by atoms with Crippen LogP contribution in [0.5, 0.6) is 0 Å². The topological polar surface area (TPSA) is 91.8 Å². The van der Waals surface area contributed by atoms with Gasteiger partial charge in [0.2, 0.25) is 0 Å². The molecule has 6 heteroatoms. The maximum Gasteiger partial charge on any atom is 0.270 e. The van der Waals surface area contributed by atoms with Gasteiger partial charge in [0.15, 0.2) is 0 Å². The van der Waals surface area contributed by atoms with Crippen molar-refractivity contribution in [3.63, 3.8) is 0 Å². The van der Waals surface area contributed by atoms with Crippen LogP contribution in [0.25, 0.3) is 10.9 Å². The Labute approximate surface area is 155 Å². The molecule has 1 heterocycles. The molecule has 0 amide bonds. The quantitative estimate of drug-likeness (QED) is 0.563. The molecule has 1 N–H and O–H groups in total. The van der Waals surface area contributed by atoms with Crippen LogP contribution in [0, 0.1) is 33.3 Å². The van der Waals surface area contributed by atoms with E-state index in [0.29, 0.717) is 40.0 Å². The van der Waals surface area contributed by atoms with E-state index in [1.807, 2.05) is 0 Å². The van der Waals surface area contributed by atoms with Crippen molar-refractivity contribution in [2.24, 2.45) is 11.8 Å². The van der Waals surface area contributed by atoms with Crippen molar-refractivity contribution in [1.29, 1.82) is 5.26 Å². The molecule has 0 radical (unpaired) electrons. The number of pyridine rings is 1. The highest BCUT2D eigenvalue weighted by Gasteiger charge is 2.54. The number of fused-ring (bicyclic) bond motifs is 4. The van der Waals surface area contributed by atoms with Gasteiger partial charge in [-0.15, -0.1) is 0 Å². The summed E-state index contributed by atoms with van der Waals surface area (Å²) < 4.78 is 0. The first-order valence-electron chi connectivity index (χ1n) is 8.96. The lowest BCUT2D eigenvalue weighted by Gasteiger charge is -2.10. The Kier molecular flexibility index (Phi) is 3.37. The van der Waals surface area contributed by atoms with Crippen LogP contribution in [-0.4, -0.2) is 16.5 Å². The third kappa shape index (κ3) is 2.51. The molecule has 1 fully saturated rings. The maximum absolute atomic E-state index is 11.0. The number of rotatable bonds is 4. The fourth-order valence-corrected chi connectivity index (χ4v) is 4.49. The molecule has 1 aromatic heterocycles. The maximum atomic E-state index is 11.0. The summed E-state index contributed by atoms with van der Waals surface area (Å²) in [5, 5.41) is 24.3. The van der Waals surface area contributed by atoms with Crippen molar-refractivity contribution in [3.8, 4) is 6.07 Å². The summed E-state index contributed by atoms with van der Waals surface area (Å²) in [6, 6.07) is 16.9. The molecule has 3 atom stereocenters. The number of nitriles is 1. The van der Waals surface area contributed by atoms with Gasteiger partial charge in [-0.25, -0.2) is 4.98 Å². The number of aromatic nitrogens is 1. The molecule has 5 rings (SSSR count).